The van der Waals surface area contributed by atoms with Crippen LogP contribution < -0.4 is 4.74 Å². The van der Waals surface area contributed by atoms with E-state index in [0.29, 0.717) is 41.4 Å². The molecule has 5 aromatic rings. The standard InChI is InChI=1S/C32H36N4O3Si/c1-22-17-28(39-20-23-9-7-6-8-10-23)29(25-13-14-34-30(22)25)32(2,37)31-35-26-18-24(19-33)11-12-27(26)36(31)21-38-15-16-40(3,4)5/h6-14,17-18,34,37H,15-16,20-21H2,1-5H3. The lowest BCUT2D eigenvalue weighted by Crippen LogP contribution is -2.29. The van der Waals surface area contributed by atoms with E-state index in [9.17, 15) is 10.4 Å². The first-order valence-corrected chi connectivity index (χ1v) is 17.3. The summed E-state index contributed by atoms with van der Waals surface area (Å²) in [6.45, 7) is 12.0. The molecule has 0 amide bonds. The van der Waals surface area contributed by atoms with Crippen LogP contribution in [0.4, 0.5) is 0 Å². The van der Waals surface area contributed by atoms with Gasteiger partial charge < -0.3 is 24.1 Å². The van der Waals surface area contributed by atoms with Gasteiger partial charge in [0.25, 0.3) is 0 Å². The highest BCUT2D eigenvalue weighted by Crippen LogP contribution is 2.42. The highest BCUT2D eigenvalue weighted by atomic mass is 28.3. The lowest BCUT2D eigenvalue weighted by Gasteiger charge is -2.28. The number of aromatic nitrogens is 3. The first-order valence-electron chi connectivity index (χ1n) is 13.6. The van der Waals surface area contributed by atoms with Crippen molar-refractivity contribution < 1.29 is 14.6 Å². The summed E-state index contributed by atoms with van der Waals surface area (Å²) < 4.78 is 14.5. The molecule has 0 saturated heterocycles. The molecule has 8 heteroatoms. The maximum absolute atomic E-state index is 12.4. The van der Waals surface area contributed by atoms with Gasteiger partial charge in [0.2, 0.25) is 0 Å². The Morgan fingerprint density at radius 1 is 1.10 bits per heavy atom. The molecule has 7 nitrogen and oxygen atoms in total. The van der Waals surface area contributed by atoms with Crippen molar-refractivity contribution in [2.75, 3.05) is 6.61 Å². The minimum atomic E-state index is -1.55. The van der Waals surface area contributed by atoms with Crippen molar-refractivity contribution in [2.45, 2.75) is 58.5 Å². The van der Waals surface area contributed by atoms with Crippen molar-refractivity contribution in [1.29, 1.82) is 5.26 Å². The van der Waals surface area contributed by atoms with E-state index in [-0.39, 0.29) is 6.73 Å². The van der Waals surface area contributed by atoms with Gasteiger partial charge in [-0.25, -0.2) is 4.98 Å². The predicted molar refractivity (Wildman–Crippen MR) is 161 cm³/mol. The SMILES string of the molecule is Cc1cc(OCc2ccccc2)c(C(C)(O)c2nc3cc(C#N)ccc3n2COCC[Si](C)(C)C)c2cc[nH]c12. The molecule has 3 aromatic carbocycles. The van der Waals surface area contributed by atoms with E-state index in [1.165, 1.54) is 0 Å². The number of imidazole rings is 1. The lowest BCUT2D eigenvalue weighted by atomic mass is 9.89. The summed E-state index contributed by atoms with van der Waals surface area (Å²) >= 11 is 0. The second kappa shape index (κ2) is 10.9. The van der Waals surface area contributed by atoms with Crippen LogP contribution in [0.25, 0.3) is 21.9 Å². The number of benzene rings is 3. The minimum Gasteiger partial charge on any atom is -0.488 e. The van der Waals surface area contributed by atoms with Gasteiger partial charge in [-0.2, -0.15) is 5.26 Å². The summed E-state index contributed by atoms with van der Waals surface area (Å²) in [5.74, 6) is 1.02. The maximum atomic E-state index is 12.4. The first kappa shape index (κ1) is 27.7. The van der Waals surface area contributed by atoms with Crippen LogP contribution in [-0.4, -0.2) is 34.3 Å². The number of H-pyrrole nitrogens is 1. The van der Waals surface area contributed by atoms with Crippen LogP contribution in [0.15, 0.2) is 66.9 Å². The molecule has 1 atom stereocenters. The zero-order chi connectivity index (χ0) is 28.5. The third-order valence-corrected chi connectivity index (χ3v) is 8.96. The molecule has 0 spiro atoms. The number of hydrogen-bond donors (Lipinski definition) is 2. The molecule has 2 aromatic heterocycles. The Morgan fingerprint density at radius 3 is 2.60 bits per heavy atom. The van der Waals surface area contributed by atoms with Gasteiger partial charge in [-0.15, -0.1) is 0 Å². The molecule has 2 N–H and O–H groups in total. The number of nitriles is 1. The first-order chi connectivity index (χ1) is 19.1. The zero-order valence-electron chi connectivity index (χ0n) is 23.8. The van der Waals surface area contributed by atoms with E-state index in [2.05, 4.69) is 30.7 Å². The normalized spacial score (nSPS) is 13.4. The number of aromatic amines is 1. The number of hydrogen-bond acceptors (Lipinski definition) is 5. The molecular formula is C32H36N4O3Si. The molecular weight excluding hydrogens is 516 g/mol. The summed E-state index contributed by atoms with van der Waals surface area (Å²) in [5.41, 5.74) is 4.01. The Morgan fingerprint density at radius 2 is 1.88 bits per heavy atom. The van der Waals surface area contributed by atoms with Crippen LogP contribution in [0.3, 0.4) is 0 Å². The van der Waals surface area contributed by atoms with Crippen molar-refractivity contribution >= 4 is 30.0 Å². The Labute approximate surface area is 236 Å². The van der Waals surface area contributed by atoms with Crippen LogP contribution in [0.5, 0.6) is 5.75 Å². The van der Waals surface area contributed by atoms with Crippen molar-refractivity contribution in [3.63, 3.8) is 0 Å². The Bertz CT molecular complexity index is 1690. The number of nitrogens with zero attached hydrogens (tertiary/aromatic N) is 3. The Kier molecular flexibility index (Phi) is 7.56. The lowest BCUT2D eigenvalue weighted by molar-refractivity contribution is 0.0553. The topological polar surface area (TPSA) is 96.1 Å². The molecule has 2 heterocycles. The largest absolute Gasteiger partial charge is 0.488 e. The third-order valence-electron chi connectivity index (χ3n) is 7.26. The number of aryl methyl sites for hydroxylation is 1. The quantitative estimate of drug-likeness (QED) is 0.146. The second-order valence-electron chi connectivity index (χ2n) is 11.7. The molecule has 0 fully saturated rings. The van der Waals surface area contributed by atoms with E-state index in [1.54, 1.807) is 19.1 Å². The van der Waals surface area contributed by atoms with Gasteiger partial charge in [-0.3, -0.25) is 0 Å². The van der Waals surface area contributed by atoms with E-state index >= 15 is 0 Å². The Balaban J connectivity index is 1.63. The molecule has 0 bridgehead atoms. The average molecular weight is 553 g/mol. The van der Waals surface area contributed by atoms with Crippen molar-refractivity contribution in [2.24, 2.45) is 0 Å². The van der Waals surface area contributed by atoms with Gasteiger partial charge in [-0.1, -0.05) is 50.0 Å². The second-order valence-corrected chi connectivity index (χ2v) is 17.3. The van der Waals surface area contributed by atoms with Crippen LogP contribution in [0.1, 0.15) is 35.0 Å². The van der Waals surface area contributed by atoms with Crippen molar-refractivity contribution in [1.82, 2.24) is 14.5 Å². The number of fused-ring (bicyclic) bond motifs is 2. The fourth-order valence-corrected chi connectivity index (χ4v) is 5.83. The monoisotopic (exact) mass is 552 g/mol. The fraction of sp³-hybridized carbons (Fsp3) is 0.312. The van der Waals surface area contributed by atoms with Gasteiger partial charge in [-0.05, 0) is 61.4 Å². The zero-order valence-corrected chi connectivity index (χ0v) is 24.8. The summed E-state index contributed by atoms with van der Waals surface area (Å²) in [6.07, 6.45) is 1.87. The molecule has 40 heavy (non-hydrogen) atoms. The van der Waals surface area contributed by atoms with Crippen LogP contribution in [-0.2, 0) is 23.7 Å². The van der Waals surface area contributed by atoms with Gasteiger partial charge >= 0.3 is 0 Å². The summed E-state index contributed by atoms with van der Waals surface area (Å²) in [7, 11) is -1.28. The van der Waals surface area contributed by atoms with Crippen molar-refractivity contribution in [3.05, 3.63) is 94.9 Å². The highest BCUT2D eigenvalue weighted by molar-refractivity contribution is 6.76. The molecule has 1 unspecified atom stereocenters. The van der Waals surface area contributed by atoms with Gasteiger partial charge in [0.15, 0.2) is 0 Å². The number of aliphatic hydroxyl groups is 1. The maximum Gasteiger partial charge on any atom is 0.149 e. The fourth-order valence-electron chi connectivity index (χ4n) is 5.08. The molecule has 5 rings (SSSR count). The number of rotatable bonds is 10. The van der Waals surface area contributed by atoms with Gasteiger partial charge in [0.1, 0.15) is 30.5 Å². The highest BCUT2D eigenvalue weighted by Gasteiger charge is 2.37. The summed E-state index contributed by atoms with van der Waals surface area (Å²) in [4.78, 5) is 8.21. The molecule has 0 radical (unpaired) electrons. The van der Waals surface area contributed by atoms with E-state index < -0.39 is 13.7 Å². The van der Waals surface area contributed by atoms with Gasteiger partial charge in [0, 0.05) is 37.3 Å². The average Bonchev–Trinajstić information content (AvgIpc) is 3.55. The van der Waals surface area contributed by atoms with Crippen LogP contribution >= 0.6 is 0 Å². The minimum absolute atomic E-state index is 0.237. The van der Waals surface area contributed by atoms with Crippen molar-refractivity contribution in [3.8, 4) is 11.8 Å². The van der Waals surface area contributed by atoms with E-state index in [1.807, 2.05) is 66.2 Å². The van der Waals surface area contributed by atoms with E-state index in [4.69, 9.17) is 14.5 Å². The summed E-state index contributed by atoms with van der Waals surface area (Å²) in [5, 5.41) is 22.8. The molecule has 0 aliphatic carbocycles. The molecule has 0 aliphatic rings. The summed E-state index contributed by atoms with van der Waals surface area (Å²) in [6, 6.07) is 22.5. The predicted octanol–water partition coefficient (Wildman–Crippen LogP) is 6.84. The van der Waals surface area contributed by atoms with Crippen LogP contribution in [0, 0.1) is 18.3 Å². The van der Waals surface area contributed by atoms with Gasteiger partial charge in [0.05, 0.1) is 22.7 Å². The number of ether oxygens (including phenoxy) is 2. The van der Waals surface area contributed by atoms with Crippen LogP contribution in [0.2, 0.25) is 25.7 Å². The third kappa shape index (κ3) is 5.54. The van der Waals surface area contributed by atoms with E-state index in [0.717, 1.165) is 33.6 Å². The molecule has 206 valence electrons. The number of nitrogens with one attached hydrogen (secondary N) is 1. The smallest absolute Gasteiger partial charge is 0.149 e. The molecule has 0 aliphatic heterocycles. The molecule has 0 saturated carbocycles. The Hall–Kier alpha value is -3.90.